The van der Waals surface area contributed by atoms with Gasteiger partial charge in [0.25, 0.3) is 5.91 Å². The lowest BCUT2D eigenvalue weighted by Crippen LogP contribution is -2.30. The maximum absolute atomic E-state index is 12.8. The van der Waals surface area contributed by atoms with Gasteiger partial charge in [0.1, 0.15) is 5.82 Å². The Bertz CT molecular complexity index is 739. The maximum atomic E-state index is 12.8. The minimum atomic E-state index is -0.946. The van der Waals surface area contributed by atoms with Crippen molar-refractivity contribution in [2.45, 2.75) is 18.8 Å². The Kier molecular flexibility index (Phi) is 7.28. The van der Waals surface area contributed by atoms with E-state index in [0.29, 0.717) is 16.5 Å². The number of ether oxygens (including phenoxy) is 1. The number of esters is 1. The number of rotatable bonds is 7. The van der Waals surface area contributed by atoms with Crippen LogP contribution in [0.15, 0.2) is 48.5 Å². The predicted octanol–water partition coefficient (Wildman–Crippen LogP) is 4.28. The molecule has 25 heavy (non-hydrogen) atoms. The van der Waals surface area contributed by atoms with Crippen LogP contribution in [-0.4, -0.2) is 23.7 Å². The van der Waals surface area contributed by atoms with Crippen LogP contribution in [-0.2, 0) is 20.1 Å². The fourth-order valence-electron chi connectivity index (χ4n) is 1.92. The molecule has 0 aliphatic carbocycles. The lowest BCUT2D eigenvalue weighted by atomic mass is 10.2. The van der Waals surface area contributed by atoms with Gasteiger partial charge in [-0.3, -0.25) is 9.59 Å². The van der Waals surface area contributed by atoms with Crippen molar-refractivity contribution in [2.24, 2.45) is 0 Å². The molecule has 0 bridgehead atoms. The third-order valence-electron chi connectivity index (χ3n) is 3.22. The summed E-state index contributed by atoms with van der Waals surface area (Å²) in [6, 6.07) is 12.7. The molecule has 7 heteroatoms. The van der Waals surface area contributed by atoms with Gasteiger partial charge in [-0.1, -0.05) is 29.8 Å². The summed E-state index contributed by atoms with van der Waals surface area (Å²) in [7, 11) is 0. The normalized spacial score (nSPS) is 11.6. The van der Waals surface area contributed by atoms with Crippen LogP contribution in [0.25, 0.3) is 0 Å². The number of benzene rings is 2. The highest BCUT2D eigenvalue weighted by molar-refractivity contribution is 7.99. The number of anilines is 1. The van der Waals surface area contributed by atoms with Gasteiger partial charge in [0.2, 0.25) is 0 Å². The average Bonchev–Trinajstić information content (AvgIpc) is 2.58. The number of hydrogen-bond acceptors (Lipinski definition) is 4. The van der Waals surface area contributed by atoms with E-state index in [4.69, 9.17) is 16.3 Å². The number of hydrogen-bond donors (Lipinski definition) is 1. The lowest BCUT2D eigenvalue weighted by Gasteiger charge is -2.13. The maximum Gasteiger partial charge on any atom is 0.316 e. The first-order valence-corrected chi connectivity index (χ1v) is 9.06. The van der Waals surface area contributed by atoms with Crippen LogP contribution in [0, 0.1) is 5.82 Å². The second-order valence-electron chi connectivity index (χ2n) is 5.21. The molecular weight excluding hydrogens is 365 g/mol. The fourth-order valence-corrected chi connectivity index (χ4v) is 3.01. The molecule has 0 radical (unpaired) electrons. The van der Waals surface area contributed by atoms with Gasteiger partial charge in [0, 0.05) is 16.5 Å². The molecule has 1 atom stereocenters. The number of carbonyl (C=O) groups is 2. The standard InChI is InChI=1S/C18H17ClFNO3S/c1-12(18(23)21-15-8-6-14(20)7-9-15)24-17(22)11-25-10-13-4-2-3-5-16(13)19/h2-9,12H,10-11H2,1H3,(H,21,23)/t12-/m1/s1. The highest BCUT2D eigenvalue weighted by Crippen LogP contribution is 2.20. The average molecular weight is 382 g/mol. The summed E-state index contributed by atoms with van der Waals surface area (Å²) in [6.07, 6.45) is -0.946. The molecule has 132 valence electrons. The molecule has 0 unspecified atom stereocenters. The Morgan fingerprint density at radius 1 is 1.20 bits per heavy atom. The topological polar surface area (TPSA) is 55.4 Å². The van der Waals surface area contributed by atoms with E-state index in [1.165, 1.54) is 43.0 Å². The Morgan fingerprint density at radius 2 is 1.88 bits per heavy atom. The first-order chi connectivity index (χ1) is 12.0. The Labute approximate surface area is 154 Å². The largest absolute Gasteiger partial charge is 0.452 e. The lowest BCUT2D eigenvalue weighted by molar-refractivity contribution is -0.150. The SMILES string of the molecule is C[C@@H](OC(=O)CSCc1ccccc1Cl)C(=O)Nc1ccc(F)cc1. The summed E-state index contributed by atoms with van der Waals surface area (Å²) in [6.45, 7) is 1.48. The molecule has 0 aliphatic heterocycles. The van der Waals surface area contributed by atoms with Crippen LogP contribution in [0.3, 0.4) is 0 Å². The van der Waals surface area contributed by atoms with Gasteiger partial charge in [-0.05, 0) is 42.8 Å². The summed E-state index contributed by atoms with van der Waals surface area (Å²) in [5.41, 5.74) is 1.37. The minimum Gasteiger partial charge on any atom is -0.452 e. The van der Waals surface area contributed by atoms with Crippen LogP contribution >= 0.6 is 23.4 Å². The quantitative estimate of drug-likeness (QED) is 0.727. The van der Waals surface area contributed by atoms with E-state index in [1.54, 1.807) is 6.07 Å². The first kappa shape index (κ1) is 19.3. The molecule has 1 amide bonds. The van der Waals surface area contributed by atoms with Crippen molar-refractivity contribution in [2.75, 3.05) is 11.1 Å². The summed E-state index contributed by atoms with van der Waals surface area (Å²) in [5.74, 6) is -0.674. The second-order valence-corrected chi connectivity index (χ2v) is 6.61. The predicted molar refractivity (Wildman–Crippen MR) is 98.2 cm³/mol. The number of halogens is 2. The molecule has 2 rings (SSSR count). The van der Waals surface area contributed by atoms with Gasteiger partial charge < -0.3 is 10.1 Å². The van der Waals surface area contributed by atoms with Crippen LogP contribution in [0.2, 0.25) is 5.02 Å². The van der Waals surface area contributed by atoms with E-state index in [9.17, 15) is 14.0 Å². The van der Waals surface area contributed by atoms with Crippen LogP contribution in [0.4, 0.5) is 10.1 Å². The van der Waals surface area contributed by atoms with E-state index in [-0.39, 0.29) is 5.75 Å². The molecular formula is C18H17ClFNO3S. The smallest absolute Gasteiger partial charge is 0.316 e. The van der Waals surface area contributed by atoms with Crippen molar-refractivity contribution >= 4 is 40.9 Å². The monoisotopic (exact) mass is 381 g/mol. The molecule has 0 saturated heterocycles. The van der Waals surface area contributed by atoms with Crippen molar-refractivity contribution < 1.29 is 18.7 Å². The van der Waals surface area contributed by atoms with E-state index in [0.717, 1.165) is 5.56 Å². The van der Waals surface area contributed by atoms with E-state index >= 15 is 0 Å². The summed E-state index contributed by atoms with van der Waals surface area (Å²) >= 11 is 7.40. The molecule has 0 heterocycles. The van der Waals surface area contributed by atoms with Gasteiger partial charge >= 0.3 is 5.97 Å². The van der Waals surface area contributed by atoms with E-state index in [1.807, 2.05) is 18.2 Å². The highest BCUT2D eigenvalue weighted by atomic mass is 35.5. The first-order valence-electron chi connectivity index (χ1n) is 7.53. The Morgan fingerprint density at radius 3 is 2.56 bits per heavy atom. The number of amides is 1. The molecule has 0 spiro atoms. The summed E-state index contributed by atoms with van der Waals surface area (Å²) < 4.78 is 17.9. The molecule has 2 aromatic carbocycles. The number of nitrogens with one attached hydrogen (secondary N) is 1. The zero-order chi connectivity index (χ0) is 18.2. The van der Waals surface area contributed by atoms with Crippen molar-refractivity contribution in [1.29, 1.82) is 0 Å². The molecule has 0 fully saturated rings. The zero-order valence-electron chi connectivity index (χ0n) is 13.5. The zero-order valence-corrected chi connectivity index (χ0v) is 15.1. The van der Waals surface area contributed by atoms with Crippen LogP contribution in [0.5, 0.6) is 0 Å². The third-order valence-corrected chi connectivity index (χ3v) is 4.55. The summed E-state index contributed by atoms with van der Waals surface area (Å²) in [4.78, 5) is 23.8. The van der Waals surface area contributed by atoms with Crippen LogP contribution in [0.1, 0.15) is 12.5 Å². The van der Waals surface area contributed by atoms with Crippen molar-refractivity contribution in [1.82, 2.24) is 0 Å². The molecule has 4 nitrogen and oxygen atoms in total. The Hall–Kier alpha value is -2.05. The van der Waals surface area contributed by atoms with Gasteiger partial charge in [-0.15, -0.1) is 11.8 Å². The van der Waals surface area contributed by atoms with Gasteiger partial charge in [-0.25, -0.2) is 4.39 Å². The minimum absolute atomic E-state index is 0.111. The molecule has 1 N–H and O–H groups in total. The fraction of sp³-hybridized carbons (Fsp3) is 0.222. The van der Waals surface area contributed by atoms with E-state index in [2.05, 4.69) is 5.32 Å². The third kappa shape index (κ3) is 6.40. The summed E-state index contributed by atoms with van der Waals surface area (Å²) in [5, 5.41) is 3.21. The molecule has 0 saturated carbocycles. The van der Waals surface area contributed by atoms with E-state index < -0.39 is 23.8 Å². The van der Waals surface area contributed by atoms with Gasteiger partial charge in [-0.2, -0.15) is 0 Å². The van der Waals surface area contributed by atoms with Crippen molar-refractivity contribution in [3.63, 3.8) is 0 Å². The van der Waals surface area contributed by atoms with Crippen molar-refractivity contribution in [3.05, 3.63) is 64.9 Å². The van der Waals surface area contributed by atoms with Gasteiger partial charge in [0.15, 0.2) is 6.10 Å². The number of carbonyl (C=O) groups excluding carboxylic acids is 2. The van der Waals surface area contributed by atoms with Crippen LogP contribution < -0.4 is 5.32 Å². The van der Waals surface area contributed by atoms with Gasteiger partial charge in [0.05, 0.1) is 5.75 Å². The van der Waals surface area contributed by atoms with Crippen molar-refractivity contribution in [3.8, 4) is 0 Å². The molecule has 0 aliphatic rings. The second kappa shape index (κ2) is 9.44. The molecule has 2 aromatic rings. The highest BCUT2D eigenvalue weighted by Gasteiger charge is 2.18. The Balaban J connectivity index is 1.74. The molecule has 0 aromatic heterocycles. The number of thioether (sulfide) groups is 1.